The Hall–Kier alpha value is -2.89. The summed E-state index contributed by atoms with van der Waals surface area (Å²) >= 11 is 0. The number of carbonyl (C=O) groups excluding carboxylic acids is 1. The van der Waals surface area contributed by atoms with Gasteiger partial charge in [-0.15, -0.1) is 0 Å². The van der Waals surface area contributed by atoms with Gasteiger partial charge in [-0.2, -0.15) is 0 Å². The lowest BCUT2D eigenvalue weighted by molar-refractivity contribution is 0.0784. The molecule has 6 nitrogen and oxygen atoms in total. The third kappa shape index (κ3) is 2.73. The Balaban J connectivity index is 1.57. The molecule has 1 unspecified atom stereocenters. The Kier molecular flexibility index (Phi) is 3.87. The van der Waals surface area contributed by atoms with E-state index in [0.717, 1.165) is 25.3 Å². The SMILES string of the molecule is COc1ccn2c(C(=O)N3CCC(c4cnccc4C)C3)cnc2c1. The third-order valence-electron chi connectivity index (χ3n) is 4.93. The molecule has 1 aliphatic heterocycles. The molecule has 0 N–H and O–H groups in total. The Bertz CT molecular complexity index is 934. The van der Waals surface area contributed by atoms with Gasteiger partial charge < -0.3 is 9.64 Å². The first-order valence-electron chi connectivity index (χ1n) is 8.38. The third-order valence-corrected chi connectivity index (χ3v) is 4.93. The second-order valence-electron chi connectivity index (χ2n) is 6.41. The fourth-order valence-electron chi connectivity index (χ4n) is 3.51. The van der Waals surface area contributed by atoms with Crippen molar-refractivity contribution in [2.75, 3.05) is 20.2 Å². The molecule has 0 aliphatic carbocycles. The van der Waals surface area contributed by atoms with Gasteiger partial charge in [0, 0.05) is 43.7 Å². The van der Waals surface area contributed by atoms with Gasteiger partial charge >= 0.3 is 0 Å². The summed E-state index contributed by atoms with van der Waals surface area (Å²) in [6.07, 6.45) is 8.16. The first-order chi connectivity index (χ1) is 12.2. The summed E-state index contributed by atoms with van der Waals surface area (Å²) < 4.78 is 7.02. The van der Waals surface area contributed by atoms with E-state index in [1.165, 1.54) is 11.1 Å². The van der Waals surface area contributed by atoms with Gasteiger partial charge in [0.05, 0.1) is 13.3 Å². The van der Waals surface area contributed by atoms with Gasteiger partial charge in [0.1, 0.15) is 17.1 Å². The molecular weight excluding hydrogens is 316 g/mol. The van der Waals surface area contributed by atoms with Crippen LogP contribution in [0, 0.1) is 6.92 Å². The molecule has 0 radical (unpaired) electrons. The lowest BCUT2D eigenvalue weighted by Gasteiger charge is -2.17. The number of hydrogen-bond acceptors (Lipinski definition) is 4. The highest BCUT2D eigenvalue weighted by Gasteiger charge is 2.30. The molecule has 4 heterocycles. The number of aryl methyl sites for hydroxylation is 1. The van der Waals surface area contributed by atoms with Crippen LogP contribution in [0.5, 0.6) is 5.75 Å². The summed E-state index contributed by atoms with van der Waals surface area (Å²) in [5.41, 5.74) is 3.76. The monoisotopic (exact) mass is 336 g/mol. The minimum Gasteiger partial charge on any atom is -0.497 e. The predicted molar refractivity (Wildman–Crippen MR) is 94.0 cm³/mol. The number of pyridine rings is 2. The van der Waals surface area contributed by atoms with Crippen molar-refractivity contribution in [2.24, 2.45) is 0 Å². The first kappa shape index (κ1) is 15.6. The zero-order valence-electron chi connectivity index (χ0n) is 14.3. The largest absolute Gasteiger partial charge is 0.497 e. The van der Waals surface area contributed by atoms with Gasteiger partial charge in [-0.25, -0.2) is 4.98 Å². The number of imidazole rings is 1. The quantitative estimate of drug-likeness (QED) is 0.738. The number of methoxy groups -OCH3 is 1. The number of ether oxygens (including phenoxy) is 1. The van der Waals surface area contributed by atoms with Crippen molar-refractivity contribution in [2.45, 2.75) is 19.3 Å². The molecule has 0 bridgehead atoms. The number of rotatable bonds is 3. The summed E-state index contributed by atoms with van der Waals surface area (Å²) in [6.45, 7) is 3.56. The maximum absolute atomic E-state index is 13.0. The molecule has 1 fully saturated rings. The highest BCUT2D eigenvalue weighted by atomic mass is 16.5. The lowest BCUT2D eigenvalue weighted by Crippen LogP contribution is -2.29. The number of carbonyl (C=O) groups is 1. The van der Waals surface area contributed by atoms with E-state index in [1.54, 1.807) is 13.3 Å². The second kappa shape index (κ2) is 6.20. The van der Waals surface area contributed by atoms with E-state index in [0.29, 0.717) is 17.3 Å². The molecule has 0 spiro atoms. The minimum atomic E-state index is 0.0155. The fraction of sp³-hybridized carbons (Fsp3) is 0.316. The number of amides is 1. The highest BCUT2D eigenvalue weighted by molar-refractivity contribution is 5.93. The van der Waals surface area contributed by atoms with Crippen molar-refractivity contribution in [1.29, 1.82) is 0 Å². The van der Waals surface area contributed by atoms with Crippen molar-refractivity contribution < 1.29 is 9.53 Å². The van der Waals surface area contributed by atoms with Crippen LogP contribution in [-0.2, 0) is 0 Å². The van der Waals surface area contributed by atoms with Crippen molar-refractivity contribution in [3.63, 3.8) is 0 Å². The number of fused-ring (bicyclic) bond motifs is 1. The maximum Gasteiger partial charge on any atom is 0.272 e. The van der Waals surface area contributed by atoms with Crippen molar-refractivity contribution >= 4 is 11.6 Å². The van der Waals surface area contributed by atoms with Crippen molar-refractivity contribution in [3.8, 4) is 5.75 Å². The van der Waals surface area contributed by atoms with Crippen LogP contribution in [0.1, 0.15) is 34.0 Å². The van der Waals surface area contributed by atoms with Crippen LogP contribution in [0.2, 0.25) is 0 Å². The predicted octanol–water partition coefficient (Wildman–Crippen LogP) is 2.68. The molecule has 1 saturated heterocycles. The Morgan fingerprint density at radius 3 is 3.00 bits per heavy atom. The van der Waals surface area contributed by atoms with Gasteiger partial charge in [-0.05, 0) is 36.6 Å². The van der Waals surface area contributed by atoms with Gasteiger partial charge in [-0.3, -0.25) is 14.2 Å². The van der Waals surface area contributed by atoms with Gasteiger partial charge in [0.15, 0.2) is 0 Å². The molecule has 3 aromatic rings. The molecular formula is C19H20N4O2. The molecule has 0 aromatic carbocycles. The molecule has 1 amide bonds. The van der Waals surface area contributed by atoms with Gasteiger partial charge in [-0.1, -0.05) is 0 Å². The highest BCUT2D eigenvalue weighted by Crippen LogP contribution is 2.29. The fourth-order valence-corrected chi connectivity index (χ4v) is 3.51. The molecule has 1 aliphatic rings. The molecule has 1 atom stereocenters. The number of hydrogen-bond donors (Lipinski definition) is 0. The molecule has 3 aromatic heterocycles. The van der Waals surface area contributed by atoms with Crippen LogP contribution >= 0.6 is 0 Å². The summed E-state index contributed by atoms with van der Waals surface area (Å²) in [5.74, 6) is 1.09. The van der Waals surface area contributed by atoms with Crippen LogP contribution in [0.3, 0.4) is 0 Å². The van der Waals surface area contributed by atoms with Crippen LogP contribution in [0.15, 0.2) is 43.0 Å². The molecule has 4 rings (SSSR count). The number of nitrogens with zero attached hydrogens (tertiary/aromatic N) is 4. The molecule has 128 valence electrons. The summed E-state index contributed by atoms with van der Waals surface area (Å²) in [5, 5.41) is 0. The first-order valence-corrected chi connectivity index (χ1v) is 8.38. The average molecular weight is 336 g/mol. The van der Waals surface area contributed by atoms with E-state index in [1.807, 2.05) is 46.1 Å². The Labute approximate surface area is 146 Å². The molecule has 6 heteroatoms. The summed E-state index contributed by atoms with van der Waals surface area (Å²) in [7, 11) is 1.62. The van der Waals surface area contributed by atoms with E-state index in [4.69, 9.17) is 4.74 Å². The lowest BCUT2D eigenvalue weighted by atomic mass is 9.96. The zero-order chi connectivity index (χ0) is 17.4. The van der Waals surface area contributed by atoms with E-state index in [2.05, 4.69) is 16.9 Å². The van der Waals surface area contributed by atoms with E-state index in [9.17, 15) is 4.79 Å². The van der Waals surface area contributed by atoms with Crippen LogP contribution < -0.4 is 4.74 Å². The summed E-state index contributed by atoms with van der Waals surface area (Å²) in [4.78, 5) is 23.4. The normalized spacial score (nSPS) is 17.2. The van der Waals surface area contributed by atoms with Crippen molar-refractivity contribution in [3.05, 3.63) is 59.8 Å². The molecule has 25 heavy (non-hydrogen) atoms. The topological polar surface area (TPSA) is 59.7 Å². The van der Waals surface area contributed by atoms with Gasteiger partial charge in [0.25, 0.3) is 5.91 Å². The van der Waals surface area contributed by atoms with Crippen LogP contribution in [-0.4, -0.2) is 45.4 Å². The zero-order valence-corrected chi connectivity index (χ0v) is 14.3. The van der Waals surface area contributed by atoms with Crippen LogP contribution in [0.4, 0.5) is 0 Å². The number of aromatic nitrogens is 3. The Morgan fingerprint density at radius 1 is 1.32 bits per heavy atom. The number of likely N-dealkylation sites (tertiary alicyclic amines) is 1. The average Bonchev–Trinajstić information content (AvgIpc) is 3.28. The minimum absolute atomic E-state index is 0.0155. The second-order valence-corrected chi connectivity index (χ2v) is 6.41. The Morgan fingerprint density at radius 2 is 2.20 bits per heavy atom. The van der Waals surface area contributed by atoms with E-state index >= 15 is 0 Å². The maximum atomic E-state index is 13.0. The van der Waals surface area contributed by atoms with Gasteiger partial charge in [0.2, 0.25) is 0 Å². The smallest absolute Gasteiger partial charge is 0.272 e. The van der Waals surface area contributed by atoms with E-state index < -0.39 is 0 Å². The summed E-state index contributed by atoms with van der Waals surface area (Å²) in [6, 6.07) is 5.68. The van der Waals surface area contributed by atoms with Crippen molar-refractivity contribution in [1.82, 2.24) is 19.3 Å². The molecule has 0 saturated carbocycles. The van der Waals surface area contributed by atoms with Crippen LogP contribution in [0.25, 0.3) is 5.65 Å². The standard InChI is InChI=1S/C19H20N4O2/c1-13-3-6-20-10-16(13)14-4-7-22(12-14)19(24)17-11-21-18-9-15(25-2)5-8-23(17)18/h3,5-6,8-11,14H,4,7,12H2,1-2H3. The van der Waals surface area contributed by atoms with E-state index in [-0.39, 0.29) is 5.91 Å².